The van der Waals surface area contributed by atoms with Crippen molar-refractivity contribution in [3.8, 4) is 22.8 Å². The number of furan rings is 1. The predicted molar refractivity (Wildman–Crippen MR) is 96.8 cm³/mol. The molecule has 7 heteroatoms. The number of carboxylic acids is 1. The van der Waals surface area contributed by atoms with Crippen LogP contribution in [0.5, 0.6) is 0 Å². The standard InChI is InChI=1S/C20H10ClF2NO3/c21-14-7-10(1-3-15(14)23)18-5-6-19(27-18)17-9-13(20(25)26)12-8-11(22)2-4-16(12)24-17/h1-9H,(H,25,26). The number of aromatic carboxylic acids is 1. The number of carbonyl (C=O) groups is 1. The molecule has 0 aliphatic heterocycles. The van der Waals surface area contributed by atoms with Gasteiger partial charge in [-0.1, -0.05) is 11.6 Å². The van der Waals surface area contributed by atoms with Gasteiger partial charge in [0.2, 0.25) is 0 Å². The van der Waals surface area contributed by atoms with Gasteiger partial charge in [-0.3, -0.25) is 0 Å². The van der Waals surface area contributed by atoms with E-state index in [1.165, 1.54) is 36.4 Å². The number of fused-ring (bicyclic) bond motifs is 1. The molecule has 0 saturated heterocycles. The molecule has 4 rings (SSSR count). The van der Waals surface area contributed by atoms with E-state index in [1.54, 1.807) is 12.1 Å². The Morgan fingerprint density at radius 2 is 1.78 bits per heavy atom. The number of benzene rings is 2. The second-order valence-corrected chi connectivity index (χ2v) is 6.22. The molecule has 2 aromatic heterocycles. The van der Waals surface area contributed by atoms with Crippen molar-refractivity contribution < 1.29 is 23.1 Å². The molecule has 2 aromatic carbocycles. The summed E-state index contributed by atoms with van der Waals surface area (Å²) in [7, 11) is 0. The van der Waals surface area contributed by atoms with E-state index in [2.05, 4.69) is 4.98 Å². The van der Waals surface area contributed by atoms with Gasteiger partial charge in [0.05, 0.1) is 16.1 Å². The fourth-order valence-corrected chi connectivity index (χ4v) is 2.96. The summed E-state index contributed by atoms with van der Waals surface area (Å²) in [4.78, 5) is 15.9. The molecule has 1 N–H and O–H groups in total. The van der Waals surface area contributed by atoms with E-state index in [1.807, 2.05) is 0 Å². The number of rotatable bonds is 3. The highest BCUT2D eigenvalue weighted by atomic mass is 35.5. The van der Waals surface area contributed by atoms with E-state index < -0.39 is 17.6 Å². The molecule has 134 valence electrons. The van der Waals surface area contributed by atoms with Gasteiger partial charge in [-0.15, -0.1) is 0 Å². The molecular formula is C20H10ClF2NO3. The second-order valence-electron chi connectivity index (χ2n) is 5.81. The van der Waals surface area contributed by atoms with Gasteiger partial charge in [0.15, 0.2) is 5.76 Å². The minimum absolute atomic E-state index is 0.0375. The van der Waals surface area contributed by atoms with Crippen LogP contribution in [0.1, 0.15) is 10.4 Å². The lowest BCUT2D eigenvalue weighted by atomic mass is 10.1. The lowest BCUT2D eigenvalue weighted by molar-refractivity contribution is 0.0699. The van der Waals surface area contributed by atoms with Crippen molar-refractivity contribution in [1.82, 2.24) is 4.98 Å². The van der Waals surface area contributed by atoms with Crippen molar-refractivity contribution in [1.29, 1.82) is 0 Å². The summed E-state index contributed by atoms with van der Waals surface area (Å²) in [5, 5.41) is 9.61. The first-order valence-corrected chi connectivity index (χ1v) is 8.19. The third kappa shape index (κ3) is 3.15. The van der Waals surface area contributed by atoms with E-state index >= 15 is 0 Å². The molecular weight excluding hydrogens is 376 g/mol. The maximum atomic E-state index is 13.5. The van der Waals surface area contributed by atoms with E-state index in [9.17, 15) is 18.7 Å². The van der Waals surface area contributed by atoms with Crippen LogP contribution in [0.2, 0.25) is 5.02 Å². The van der Waals surface area contributed by atoms with Crippen molar-refractivity contribution in [2.45, 2.75) is 0 Å². The van der Waals surface area contributed by atoms with Crippen LogP contribution in [-0.2, 0) is 0 Å². The Kier molecular flexibility index (Phi) is 4.12. The summed E-state index contributed by atoms with van der Waals surface area (Å²) in [6, 6.07) is 12.5. The fourth-order valence-electron chi connectivity index (χ4n) is 2.78. The van der Waals surface area contributed by atoms with Gasteiger partial charge in [-0.25, -0.2) is 18.6 Å². The largest absolute Gasteiger partial charge is 0.478 e. The van der Waals surface area contributed by atoms with Crippen molar-refractivity contribution in [2.75, 3.05) is 0 Å². The number of hydrogen-bond acceptors (Lipinski definition) is 3. The summed E-state index contributed by atoms with van der Waals surface area (Å²) in [6.07, 6.45) is 0. The summed E-state index contributed by atoms with van der Waals surface area (Å²) in [5.41, 5.74) is 1.09. The summed E-state index contributed by atoms with van der Waals surface area (Å²) >= 11 is 5.80. The quantitative estimate of drug-likeness (QED) is 0.484. The highest BCUT2D eigenvalue weighted by molar-refractivity contribution is 6.31. The van der Waals surface area contributed by atoms with Crippen LogP contribution in [0.15, 0.2) is 59.0 Å². The predicted octanol–water partition coefficient (Wildman–Crippen LogP) is 5.79. The molecule has 0 unspecified atom stereocenters. The van der Waals surface area contributed by atoms with E-state index in [4.69, 9.17) is 16.0 Å². The molecule has 0 radical (unpaired) electrons. The first-order chi connectivity index (χ1) is 12.9. The van der Waals surface area contributed by atoms with Crippen molar-refractivity contribution in [3.63, 3.8) is 0 Å². The zero-order valence-electron chi connectivity index (χ0n) is 13.5. The minimum atomic E-state index is -1.20. The topological polar surface area (TPSA) is 63.3 Å². The number of hydrogen-bond donors (Lipinski definition) is 1. The monoisotopic (exact) mass is 385 g/mol. The van der Waals surface area contributed by atoms with Gasteiger partial charge >= 0.3 is 5.97 Å². The highest BCUT2D eigenvalue weighted by Gasteiger charge is 2.16. The van der Waals surface area contributed by atoms with Crippen LogP contribution in [0.4, 0.5) is 8.78 Å². The molecule has 0 saturated carbocycles. The molecule has 0 aliphatic carbocycles. The minimum Gasteiger partial charge on any atom is -0.478 e. The lowest BCUT2D eigenvalue weighted by Crippen LogP contribution is -2.00. The Balaban J connectivity index is 1.83. The van der Waals surface area contributed by atoms with Crippen LogP contribution >= 0.6 is 11.6 Å². The zero-order chi connectivity index (χ0) is 19.1. The maximum absolute atomic E-state index is 13.5. The molecule has 2 heterocycles. The number of carboxylic acid groups (broad SMARTS) is 1. The SMILES string of the molecule is O=C(O)c1cc(-c2ccc(-c3ccc(F)c(Cl)c3)o2)nc2ccc(F)cc12. The Morgan fingerprint density at radius 3 is 2.52 bits per heavy atom. The molecule has 0 atom stereocenters. The number of halogens is 3. The van der Waals surface area contributed by atoms with Crippen LogP contribution in [0.3, 0.4) is 0 Å². The first kappa shape index (κ1) is 17.2. The summed E-state index contributed by atoms with van der Waals surface area (Å²) in [6.45, 7) is 0. The Morgan fingerprint density at radius 1 is 1.00 bits per heavy atom. The normalized spacial score (nSPS) is 11.1. The third-order valence-corrected chi connectivity index (χ3v) is 4.35. The number of pyridine rings is 1. The van der Waals surface area contributed by atoms with Gasteiger partial charge < -0.3 is 9.52 Å². The van der Waals surface area contributed by atoms with Gasteiger partial charge in [-0.05, 0) is 54.6 Å². The summed E-state index contributed by atoms with van der Waals surface area (Å²) in [5.74, 6) is -1.55. The number of nitrogens with zero attached hydrogens (tertiary/aromatic N) is 1. The molecule has 27 heavy (non-hydrogen) atoms. The van der Waals surface area contributed by atoms with Gasteiger partial charge in [0, 0.05) is 10.9 Å². The number of aromatic nitrogens is 1. The van der Waals surface area contributed by atoms with E-state index in [0.29, 0.717) is 22.6 Å². The van der Waals surface area contributed by atoms with E-state index in [-0.39, 0.29) is 21.7 Å². The maximum Gasteiger partial charge on any atom is 0.336 e. The Bertz CT molecular complexity index is 1200. The molecule has 0 fully saturated rings. The third-order valence-electron chi connectivity index (χ3n) is 4.06. The molecule has 0 bridgehead atoms. The fraction of sp³-hybridized carbons (Fsp3) is 0. The van der Waals surface area contributed by atoms with Crippen molar-refractivity contribution in [2.24, 2.45) is 0 Å². The lowest BCUT2D eigenvalue weighted by Gasteiger charge is -2.06. The first-order valence-electron chi connectivity index (χ1n) is 7.81. The highest BCUT2D eigenvalue weighted by Crippen LogP contribution is 2.32. The van der Waals surface area contributed by atoms with Crippen molar-refractivity contribution in [3.05, 3.63) is 76.8 Å². The van der Waals surface area contributed by atoms with Crippen molar-refractivity contribution >= 4 is 28.5 Å². The van der Waals surface area contributed by atoms with Crippen LogP contribution in [-0.4, -0.2) is 16.1 Å². The van der Waals surface area contributed by atoms with Crippen LogP contribution in [0.25, 0.3) is 33.7 Å². The molecule has 4 nitrogen and oxygen atoms in total. The van der Waals surface area contributed by atoms with Gasteiger partial charge in [0.25, 0.3) is 0 Å². The smallest absolute Gasteiger partial charge is 0.336 e. The average molecular weight is 386 g/mol. The van der Waals surface area contributed by atoms with Crippen LogP contribution in [0, 0.1) is 11.6 Å². The second kappa shape index (κ2) is 6.48. The molecule has 0 amide bonds. The van der Waals surface area contributed by atoms with Gasteiger partial charge in [-0.2, -0.15) is 0 Å². The average Bonchev–Trinajstić information content (AvgIpc) is 3.13. The molecule has 0 spiro atoms. The van der Waals surface area contributed by atoms with Gasteiger partial charge in [0.1, 0.15) is 23.1 Å². The summed E-state index contributed by atoms with van der Waals surface area (Å²) < 4.78 is 32.6. The van der Waals surface area contributed by atoms with E-state index in [0.717, 1.165) is 6.07 Å². The zero-order valence-corrected chi connectivity index (χ0v) is 14.3. The molecule has 0 aliphatic rings. The van der Waals surface area contributed by atoms with Crippen LogP contribution < -0.4 is 0 Å². The molecule has 4 aromatic rings. The Labute approximate surface area is 156 Å². The Hall–Kier alpha value is -3.25.